The van der Waals surface area contributed by atoms with Crippen LogP contribution in [0.15, 0.2) is 29.1 Å². The number of carbonyl (C=O) groups is 1. The van der Waals surface area contributed by atoms with Gasteiger partial charge in [0.2, 0.25) is 5.56 Å². The van der Waals surface area contributed by atoms with E-state index in [2.05, 4.69) is 10.3 Å². The number of hydrogen-bond acceptors (Lipinski definition) is 2. The second-order valence-corrected chi connectivity index (χ2v) is 8.36. The third-order valence-corrected chi connectivity index (χ3v) is 5.37. The van der Waals surface area contributed by atoms with E-state index in [9.17, 15) is 27.2 Å². The van der Waals surface area contributed by atoms with E-state index in [1.165, 1.54) is 17.0 Å². The topological polar surface area (TPSA) is 65.2 Å². The molecular weight excluding hydrogens is 438 g/mol. The number of nitrogens with one attached hydrogen (secondary N) is 2. The number of alkyl halides is 3. The summed E-state index contributed by atoms with van der Waals surface area (Å²) >= 11 is 5.76. The number of carbonyl (C=O) groups excluding carboxylic acids is 1. The van der Waals surface area contributed by atoms with E-state index in [1.807, 2.05) is 13.8 Å². The van der Waals surface area contributed by atoms with Crippen molar-refractivity contribution in [2.75, 3.05) is 11.9 Å². The first-order chi connectivity index (χ1) is 14.5. The lowest BCUT2D eigenvalue weighted by molar-refractivity contribution is -0.139. The van der Waals surface area contributed by atoms with E-state index >= 15 is 0 Å². The highest BCUT2D eigenvalue weighted by Crippen LogP contribution is 2.42. The molecule has 2 aromatic rings. The highest BCUT2D eigenvalue weighted by molar-refractivity contribution is 6.31. The lowest BCUT2D eigenvalue weighted by Crippen LogP contribution is -2.43. The Hall–Kier alpha value is -2.55. The van der Waals surface area contributed by atoms with Crippen molar-refractivity contribution in [3.63, 3.8) is 0 Å². The van der Waals surface area contributed by atoms with Crippen LogP contribution >= 0.6 is 11.6 Å². The van der Waals surface area contributed by atoms with Crippen molar-refractivity contribution in [1.29, 1.82) is 0 Å². The minimum atomic E-state index is -4.74. The Labute approximate surface area is 181 Å². The van der Waals surface area contributed by atoms with Gasteiger partial charge in [0, 0.05) is 29.6 Å². The molecule has 2 amide bonds. The molecule has 0 fully saturated rings. The van der Waals surface area contributed by atoms with Gasteiger partial charge in [-0.15, -0.1) is 0 Å². The predicted molar refractivity (Wildman–Crippen MR) is 110 cm³/mol. The maximum absolute atomic E-state index is 13.8. The number of aryl methyl sites for hydroxylation is 1. The molecule has 0 spiro atoms. The summed E-state index contributed by atoms with van der Waals surface area (Å²) < 4.78 is 54.7. The number of nitrogens with zero attached hydrogens (tertiary/aromatic N) is 1. The third kappa shape index (κ3) is 5.20. The fraction of sp³-hybridized carbons (Fsp3) is 0.429. The van der Waals surface area contributed by atoms with Crippen molar-refractivity contribution in [3.8, 4) is 0 Å². The molecule has 0 saturated carbocycles. The van der Waals surface area contributed by atoms with E-state index in [1.54, 1.807) is 0 Å². The van der Waals surface area contributed by atoms with Crippen molar-refractivity contribution < 1.29 is 22.4 Å². The Kier molecular flexibility index (Phi) is 6.64. The Morgan fingerprint density at radius 1 is 1.32 bits per heavy atom. The molecule has 1 aromatic heterocycles. The Balaban J connectivity index is 2.03. The number of hydrogen-bond donors (Lipinski definition) is 2. The maximum atomic E-state index is 13.8. The number of aromatic amines is 1. The summed E-state index contributed by atoms with van der Waals surface area (Å²) in [5.74, 6) is -0.691. The standard InChI is InChI=1S/C21H22ClF4N3O2/c1-11(2)10-29(20(31)27-12-6-7-15(23)14(22)8-12)17-5-3-4-16-19(17)13(21(24,25)26)9-18(30)28-16/h6-9,11,17H,3-5,10H2,1-2H3,(H,27,31)(H,28,30)/t17-/m0/s1. The number of aromatic nitrogens is 1. The molecule has 1 aromatic carbocycles. The van der Waals surface area contributed by atoms with Crippen LogP contribution in [0.25, 0.3) is 0 Å². The van der Waals surface area contributed by atoms with Crippen LogP contribution in [-0.2, 0) is 12.6 Å². The Bertz CT molecular complexity index is 1040. The molecule has 0 aliphatic heterocycles. The van der Waals surface area contributed by atoms with Crippen LogP contribution in [-0.4, -0.2) is 22.5 Å². The van der Waals surface area contributed by atoms with Gasteiger partial charge < -0.3 is 15.2 Å². The molecule has 168 valence electrons. The van der Waals surface area contributed by atoms with E-state index in [4.69, 9.17) is 11.6 Å². The van der Waals surface area contributed by atoms with Gasteiger partial charge in [-0.25, -0.2) is 9.18 Å². The molecule has 0 radical (unpaired) electrons. The average molecular weight is 460 g/mol. The van der Waals surface area contributed by atoms with E-state index in [-0.39, 0.29) is 40.9 Å². The maximum Gasteiger partial charge on any atom is 0.417 e. The van der Waals surface area contributed by atoms with Crippen LogP contribution in [0.5, 0.6) is 0 Å². The van der Waals surface area contributed by atoms with E-state index < -0.39 is 35.2 Å². The van der Waals surface area contributed by atoms with Crippen LogP contribution in [0, 0.1) is 11.7 Å². The van der Waals surface area contributed by atoms with Gasteiger partial charge >= 0.3 is 12.2 Å². The molecule has 1 atom stereocenters. The van der Waals surface area contributed by atoms with Crippen LogP contribution in [0.4, 0.5) is 28.0 Å². The van der Waals surface area contributed by atoms with Gasteiger partial charge in [-0.05, 0) is 43.4 Å². The summed E-state index contributed by atoms with van der Waals surface area (Å²) in [6.45, 7) is 3.87. The largest absolute Gasteiger partial charge is 0.417 e. The third-order valence-electron chi connectivity index (χ3n) is 5.08. The van der Waals surface area contributed by atoms with Gasteiger partial charge in [0.15, 0.2) is 0 Å². The quantitative estimate of drug-likeness (QED) is 0.571. The van der Waals surface area contributed by atoms with Crippen molar-refractivity contribution in [3.05, 3.63) is 62.3 Å². The zero-order chi connectivity index (χ0) is 22.9. The minimum Gasteiger partial charge on any atom is -0.326 e. The lowest BCUT2D eigenvalue weighted by Gasteiger charge is -2.38. The number of rotatable bonds is 4. The number of amides is 2. The van der Waals surface area contributed by atoms with Crippen LogP contribution < -0.4 is 10.9 Å². The first-order valence-electron chi connectivity index (χ1n) is 9.83. The number of fused-ring (bicyclic) bond motifs is 1. The number of benzene rings is 1. The van der Waals surface area contributed by atoms with Gasteiger partial charge in [-0.1, -0.05) is 25.4 Å². The lowest BCUT2D eigenvalue weighted by atomic mass is 9.86. The SMILES string of the molecule is CC(C)CN(C(=O)Nc1ccc(F)c(Cl)c1)[C@H]1CCCc2[nH]c(=O)cc(C(F)(F)F)c21. The van der Waals surface area contributed by atoms with Crippen LogP contribution in [0.2, 0.25) is 5.02 Å². The number of anilines is 1. The fourth-order valence-corrected chi connectivity index (χ4v) is 4.06. The molecule has 2 N–H and O–H groups in total. The highest BCUT2D eigenvalue weighted by Gasteiger charge is 2.41. The summed E-state index contributed by atoms with van der Waals surface area (Å²) in [4.78, 5) is 28.8. The Morgan fingerprint density at radius 2 is 2.03 bits per heavy atom. The number of H-pyrrole nitrogens is 1. The number of halogens is 5. The predicted octanol–water partition coefficient (Wildman–Crippen LogP) is 5.75. The number of urea groups is 1. The van der Waals surface area contributed by atoms with E-state index in [0.29, 0.717) is 18.9 Å². The molecule has 0 unspecified atom stereocenters. The summed E-state index contributed by atoms with van der Waals surface area (Å²) in [6.07, 6.45) is -3.63. The van der Waals surface area contributed by atoms with Gasteiger partial charge in [-0.2, -0.15) is 13.2 Å². The van der Waals surface area contributed by atoms with Crippen molar-refractivity contribution in [1.82, 2.24) is 9.88 Å². The zero-order valence-electron chi connectivity index (χ0n) is 16.9. The van der Waals surface area contributed by atoms with Gasteiger partial charge in [0.1, 0.15) is 5.82 Å². The molecule has 31 heavy (non-hydrogen) atoms. The summed E-state index contributed by atoms with van der Waals surface area (Å²) in [7, 11) is 0. The minimum absolute atomic E-state index is 0.0370. The van der Waals surface area contributed by atoms with Gasteiger partial charge in [0.25, 0.3) is 0 Å². The van der Waals surface area contributed by atoms with Gasteiger partial charge in [0.05, 0.1) is 16.6 Å². The molecule has 0 saturated heterocycles. The monoisotopic (exact) mass is 459 g/mol. The molecule has 0 bridgehead atoms. The number of pyridine rings is 1. The van der Waals surface area contributed by atoms with Crippen LogP contribution in [0.3, 0.4) is 0 Å². The van der Waals surface area contributed by atoms with Crippen molar-refractivity contribution in [2.45, 2.75) is 45.3 Å². The normalized spacial score (nSPS) is 16.2. The smallest absolute Gasteiger partial charge is 0.326 e. The van der Waals surface area contributed by atoms with E-state index in [0.717, 1.165) is 6.07 Å². The summed E-state index contributed by atoms with van der Waals surface area (Å²) in [5, 5.41) is 2.41. The molecule has 5 nitrogen and oxygen atoms in total. The molecule has 1 aliphatic carbocycles. The summed E-state index contributed by atoms with van der Waals surface area (Å²) in [5.41, 5.74) is -1.51. The second kappa shape index (κ2) is 8.90. The Morgan fingerprint density at radius 3 is 2.65 bits per heavy atom. The van der Waals surface area contributed by atoms with Crippen molar-refractivity contribution >= 4 is 23.3 Å². The highest BCUT2D eigenvalue weighted by atomic mass is 35.5. The first-order valence-corrected chi connectivity index (χ1v) is 10.2. The molecule has 10 heteroatoms. The van der Waals surface area contributed by atoms with Crippen molar-refractivity contribution in [2.24, 2.45) is 5.92 Å². The van der Waals surface area contributed by atoms with Crippen LogP contribution in [0.1, 0.15) is 49.6 Å². The molecule has 1 heterocycles. The summed E-state index contributed by atoms with van der Waals surface area (Å²) in [6, 6.07) is 2.68. The second-order valence-electron chi connectivity index (χ2n) is 7.95. The zero-order valence-corrected chi connectivity index (χ0v) is 17.7. The first kappa shape index (κ1) is 23.1. The van der Waals surface area contributed by atoms with Gasteiger partial charge in [-0.3, -0.25) is 4.79 Å². The average Bonchev–Trinajstić information content (AvgIpc) is 2.67. The fourth-order valence-electron chi connectivity index (χ4n) is 3.88. The molecule has 1 aliphatic rings. The molecule has 3 rings (SSSR count). The molecular formula is C21H22ClF4N3O2.